The van der Waals surface area contributed by atoms with Crippen molar-refractivity contribution in [3.8, 4) is 0 Å². The van der Waals surface area contributed by atoms with Gasteiger partial charge in [0.25, 0.3) is 0 Å². The van der Waals surface area contributed by atoms with Crippen LogP contribution >= 0.6 is 23.2 Å². The van der Waals surface area contributed by atoms with E-state index >= 15 is 0 Å². The molecule has 2 aromatic rings. The first kappa shape index (κ1) is 14.1. The molecule has 0 fully saturated rings. The fraction of sp³-hybridized carbons (Fsp3) is 0.188. The fourth-order valence-corrected chi connectivity index (χ4v) is 2.57. The molecule has 0 N–H and O–H groups in total. The van der Waals surface area contributed by atoms with Crippen LogP contribution in [0, 0.1) is 13.8 Å². The molecule has 19 heavy (non-hydrogen) atoms. The van der Waals surface area contributed by atoms with Gasteiger partial charge in [0.15, 0.2) is 5.78 Å². The lowest BCUT2D eigenvalue weighted by Crippen LogP contribution is -2.08. The first-order valence-electron chi connectivity index (χ1n) is 6.02. The van der Waals surface area contributed by atoms with E-state index < -0.39 is 0 Å². The maximum atomic E-state index is 12.4. The number of aryl methyl sites for hydroxylation is 2. The first-order chi connectivity index (χ1) is 8.99. The average molecular weight is 293 g/mol. The summed E-state index contributed by atoms with van der Waals surface area (Å²) < 4.78 is 0. The van der Waals surface area contributed by atoms with Gasteiger partial charge in [-0.2, -0.15) is 0 Å². The zero-order chi connectivity index (χ0) is 14.0. The van der Waals surface area contributed by atoms with Gasteiger partial charge in [-0.15, -0.1) is 0 Å². The number of hydrogen-bond acceptors (Lipinski definition) is 1. The third-order valence-electron chi connectivity index (χ3n) is 3.12. The molecule has 0 aliphatic rings. The molecule has 0 atom stereocenters. The van der Waals surface area contributed by atoms with E-state index in [0.29, 0.717) is 10.0 Å². The van der Waals surface area contributed by atoms with Gasteiger partial charge >= 0.3 is 0 Å². The van der Waals surface area contributed by atoms with Gasteiger partial charge in [0.05, 0.1) is 0 Å². The highest BCUT2D eigenvalue weighted by atomic mass is 35.5. The van der Waals surface area contributed by atoms with Crippen LogP contribution in [-0.4, -0.2) is 5.78 Å². The van der Waals surface area contributed by atoms with E-state index in [2.05, 4.69) is 0 Å². The third kappa shape index (κ3) is 3.17. The highest BCUT2D eigenvalue weighted by Crippen LogP contribution is 2.23. The van der Waals surface area contributed by atoms with E-state index in [1.54, 1.807) is 18.2 Å². The quantitative estimate of drug-likeness (QED) is 0.725. The number of hydrogen-bond donors (Lipinski definition) is 0. The van der Waals surface area contributed by atoms with Crippen molar-refractivity contribution in [2.75, 3.05) is 0 Å². The van der Waals surface area contributed by atoms with E-state index in [-0.39, 0.29) is 12.2 Å². The zero-order valence-electron chi connectivity index (χ0n) is 10.8. The highest BCUT2D eigenvalue weighted by molar-refractivity contribution is 6.33. The second-order valence-corrected chi connectivity index (χ2v) is 5.45. The molecule has 0 heterocycles. The smallest absolute Gasteiger partial charge is 0.167 e. The Labute approximate surface area is 123 Å². The Morgan fingerprint density at radius 2 is 1.68 bits per heavy atom. The Kier molecular flexibility index (Phi) is 4.28. The Balaban J connectivity index is 2.34. The van der Waals surface area contributed by atoms with Crippen molar-refractivity contribution in [2.45, 2.75) is 20.3 Å². The molecule has 0 bridgehead atoms. The molecule has 0 saturated heterocycles. The second kappa shape index (κ2) is 5.77. The number of benzene rings is 2. The van der Waals surface area contributed by atoms with Gasteiger partial charge in [-0.25, -0.2) is 0 Å². The maximum Gasteiger partial charge on any atom is 0.167 e. The van der Waals surface area contributed by atoms with E-state index in [4.69, 9.17) is 23.2 Å². The lowest BCUT2D eigenvalue weighted by molar-refractivity contribution is 0.0992. The van der Waals surface area contributed by atoms with Crippen LogP contribution in [-0.2, 0) is 6.42 Å². The van der Waals surface area contributed by atoms with Crippen molar-refractivity contribution in [1.82, 2.24) is 0 Å². The largest absolute Gasteiger partial charge is 0.294 e. The predicted molar refractivity (Wildman–Crippen MR) is 80.4 cm³/mol. The van der Waals surface area contributed by atoms with E-state index in [1.807, 2.05) is 32.0 Å². The number of carbonyl (C=O) groups excluding carboxylic acids is 1. The third-order valence-corrected chi connectivity index (χ3v) is 3.72. The summed E-state index contributed by atoms with van der Waals surface area (Å²) in [7, 11) is 0. The summed E-state index contributed by atoms with van der Waals surface area (Å²) in [4.78, 5) is 12.4. The fourth-order valence-electron chi connectivity index (χ4n) is 2.19. The van der Waals surface area contributed by atoms with Gasteiger partial charge in [-0.1, -0.05) is 41.4 Å². The maximum absolute atomic E-state index is 12.4. The molecule has 2 rings (SSSR count). The van der Waals surface area contributed by atoms with Crippen molar-refractivity contribution in [2.24, 2.45) is 0 Å². The molecule has 0 aromatic heterocycles. The molecule has 1 nitrogen and oxygen atoms in total. The van der Waals surface area contributed by atoms with Gasteiger partial charge in [0.1, 0.15) is 0 Å². The molecule has 0 aliphatic heterocycles. The number of rotatable bonds is 3. The van der Waals surface area contributed by atoms with Gasteiger partial charge in [0.2, 0.25) is 0 Å². The molecule has 0 amide bonds. The van der Waals surface area contributed by atoms with Crippen LogP contribution < -0.4 is 0 Å². The molecule has 0 unspecified atom stereocenters. The standard InChI is InChI=1S/C16H14Cl2O/c1-10-4-3-5-11(2)16(10)15(19)9-12-8-13(17)6-7-14(12)18/h3-8H,9H2,1-2H3. The lowest BCUT2D eigenvalue weighted by Gasteiger charge is -2.09. The van der Waals surface area contributed by atoms with Crippen LogP contribution in [0.25, 0.3) is 0 Å². The van der Waals surface area contributed by atoms with E-state index in [0.717, 1.165) is 22.3 Å². The van der Waals surface area contributed by atoms with Gasteiger partial charge in [-0.3, -0.25) is 4.79 Å². The molecule has 3 heteroatoms. The van der Waals surface area contributed by atoms with Crippen LogP contribution in [0.3, 0.4) is 0 Å². The summed E-state index contributed by atoms with van der Waals surface area (Å²) in [5, 5.41) is 1.16. The van der Waals surface area contributed by atoms with Crippen LogP contribution in [0.1, 0.15) is 27.0 Å². The van der Waals surface area contributed by atoms with Crippen LogP contribution in [0.15, 0.2) is 36.4 Å². The topological polar surface area (TPSA) is 17.1 Å². The summed E-state index contributed by atoms with van der Waals surface area (Å²) >= 11 is 12.0. The van der Waals surface area contributed by atoms with Crippen LogP contribution in [0.2, 0.25) is 10.0 Å². The summed E-state index contributed by atoms with van der Waals surface area (Å²) in [5.41, 5.74) is 3.52. The molecule has 0 aliphatic carbocycles. The molecule has 0 radical (unpaired) electrons. The van der Waals surface area contributed by atoms with Gasteiger partial charge in [0, 0.05) is 22.0 Å². The number of carbonyl (C=O) groups is 1. The molecule has 0 saturated carbocycles. The molecule has 2 aromatic carbocycles. The Morgan fingerprint density at radius 3 is 2.32 bits per heavy atom. The average Bonchev–Trinajstić information content (AvgIpc) is 2.33. The van der Waals surface area contributed by atoms with Crippen molar-refractivity contribution in [3.63, 3.8) is 0 Å². The summed E-state index contributed by atoms with van der Waals surface area (Å²) in [5.74, 6) is 0.0692. The minimum atomic E-state index is 0.0692. The minimum Gasteiger partial charge on any atom is -0.294 e. The second-order valence-electron chi connectivity index (χ2n) is 4.60. The summed E-state index contributed by atoms with van der Waals surface area (Å²) in [6, 6.07) is 11.0. The monoisotopic (exact) mass is 292 g/mol. The normalized spacial score (nSPS) is 10.5. The lowest BCUT2D eigenvalue weighted by atomic mass is 9.95. The molecular weight excluding hydrogens is 279 g/mol. The summed E-state index contributed by atoms with van der Waals surface area (Å²) in [6.45, 7) is 3.89. The Morgan fingerprint density at radius 1 is 1.05 bits per heavy atom. The van der Waals surface area contributed by atoms with E-state index in [9.17, 15) is 4.79 Å². The van der Waals surface area contributed by atoms with Crippen molar-refractivity contribution >= 4 is 29.0 Å². The SMILES string of the molecule is Cc1cccc(C)c1C(=O)Cc1cc(Cl)ccc1Cl. The number of ketones is 1. The minimum absolute atomic E-state index is 0.0692. The summed E-state index contributed by atoms with van der Waals surface area (Å²) in [6.07, 6.45) is 0.269. The van der Waals surface area contributed by atoms with Crippen molar-refractivity contribution in [1.29, 1.82) is 0 Å². The molecule has 98 valence electrons. The molecule has 0 spiro atoms. The first-order valence-corrected chi connectivity index (χ1v) is 6.78. The number of halogens is 2. The Hall–Kier alpha value is -1.31. The number of Topliss-reactive ketones (excluding diaryl/α,β-unsaturated/α-hetero) is 1. The van der Waals surface area contributed by atoms with Crippen LogP contribution in [0.4, 0.5) is 0 Å². The zero-order valence-corrected chi connectivity index (χ0v) is 12.3. The van der Waals surface area contributed by atoms with Crippen LogP contribution in [0.5, 0.6) is 0 Å². The van der Waals surface area contributed by atoms with Crippen molar-refractivity contribution < 1.29 is 4.79 Å². The molecular formula is C16H14Cl2O. The van der Waals surface area contributed by atoms with Crippen molar-refractivity contribution in [3.05, 3.63) is 68.7 Å². The van der Waals surface area contributed by atoms with E-state index in [1.165, 1.54) is 0 Å². The highest BCUT2D eigenvalue weighted by Gasteiger charge is 2.14. The van der Waals surface area contributed by atoms with Gasteiger partial charge in [-0.05, 0) is 48.7 Å². The van der Waals surface area contributed by atoms with Gasteiger partial charge < -0.3 is 0 Å². The predicted octanol–water partition coefficient (Wildman–Crippen LogP) is 5.04. The Bertz CT molecular complexity index is 612.